The molecule has 0 aromatic carbocycles. The van der Waals surface area contributed by atoms with E-state index >= 15 is 0 Å². The van der Waals surface area contributed by atoms with E-state index in [1.807, 2.05) is 33.3 Å². The van der Waals surface area contributed by atoms with Gasteiger partial charge in [0.25, 0.3) is 7.82 Å². The fraction of sp³-hybridized carbons (Fsp3) is 0.682. The molecule has 2 atom stereocenters. The number of phosphoric ester groups is 1. The van der Waals surface area contributed by atoms with Crippen molar-refractivity contribution >= 4 is 19.8 Å². The molecule has 0 spiro atoms. The largest absolute Gasteiger partial charge is 0.756 e. The van der Waals surface area contributed by atoms with Gasteiger partial charge < -0.3 is 27.9 Å². The fourth-order valence-corrected chi connectivity index (χ4v) is 5.64. The predicted molar refractivity (Wildman–Crippen MR) is 222 cm³/mol. The maximum Gasteiger partial charge on any atom is 0.306 e. The van der Waals surface area contributed by atoms with Crippen molar-refractivity contribution in [1.82, 2.24) is 0 Å². The number of esters is 2. The monoisotopic (exact) mass is 778 g/mol. The molecule has 0 aliphatic rings. The van der Waals surface area contributed by atoms with Crippen LogP contribution in [0, 0.1) is 0 Å². The van der Waals surface area contributed by atoms with Crippen molar-refractivity contribution in [2.45, 2.75) is 148 Å². The predicted octanol–water partition coefficient (Wildman–Crippen LogP) is 10.8. The number of likely N-dealkylation sites (N-methyl/N-ethyl adjacent to an activating group) is 1. The Morgan fingerprint density at radius 2 is 1.06 bits per heavy atom. The van der Waals surface area contributed by atoms with Crippen LogP contribution in [0.2, 0.25) is 0 Å². The molecule has 310 valence electrons. The van der Waals surface area contributed by atoms with E-state index in [4.69, 9.17) is 18.5 Å². The summed E-state index contributed by atoms with van der Waals surface area (Å²) >= 11 is 0. The van der Waals surface area contributed by atoms with Gasteiger partial charge in [0.2, 0.25) is 0 Å². The van der Waals surface area contributed by atoms with Gasteiger partial charge in [-0.2, -0.15) is 0 Å². The molecular formula is C44H76NO8P. The molecule has 54 heavy (non-hydrogen) atoms. The first-order valence-corrected chi connectivity index (χ1v) is 22.1. The lowest BCUT2D eigenvalue weighted by atomic mass is 10.1. The summed E-state index contributed by atoms with van der Waals surface area (Å²) in [4.78, 5) is 37.3. The zero-order chi connectivity index (χ0) is 40.0. The topological polar surface area (TPSA) is 111 Å². The lowest BCUT2D eigenvalue weighted by Gasteiger charge is -2.28. The summed E-state index contributed by atoms with van der Waals surface area (Å²) in [6, 6.07) is 0. The van der Waals surface area contributed by atoms with Crippen LogP contribution in [-0.4, -0.2) is 70.0 Å². The Morgan fingerprint density at radius 3 is 1.63 bits per heavy atom. The molecule has 0 aliphatic heterocycles. The Bertz CT molecular complexity index is 1150. The average molecular weight is 778 g/mol. The number of hydrogen-bond acceptors (Lipinski definition) is 8. The van der Waals surface area contributed by atoms with Crippen molar-refractivity contribution in [3.05, 3.63) is 72.9 Å². The molecule has 0 N–H and O–H groups in total. The van der Waals surface area contributed by atoms with E-state index in [-0.39, 0.29) is 26.1 Å². The van der Waals surface area contributed by atoms with Crippen LogP contribution in [0.15, 0.2) is 72.9 Å². The number of allylic oxidation sites excluding steroid dienone is 12. The number of quaternary nitrogens is 1. The van der Waals surface area contributed by atoms with Gasteiger partial charge in [-0.05, 0) is 70.6 Å². The second-order valence-electron chi connectivity index (χ2n) is 14.6. The molecule has 0 amide bonds. The number of hydrogen-bond donors (Lipinski definition) is 0. The summed E-state index contributed by atoms with van der Waals surface area (Å²) in [5, 5.41) is 0. The van der Waals surface area contributed by atoms with Crippen molar-refractivity contribution in [2.75, 3.05) is 47.5 Å². The fourth-order valence-electron chi connectivity index (χ4n) is 4.91. The van der Waals surface area contributed by atoms with Crippen LogP contribution in [0.25, 0.3) is 0 Å². The lowest BCUT2D eigenvalue weighted by Crippen LogP contribution is -2.37. The SMILES string of the molecule is CCCC/C=C\CCCCCCCC(=O)O[C@H](COC(=O)CC/C=C\C/C=C\C/C=C\C/C=C\C/C=C\CCCCC)COP(=O)([O-])OCC[N+](C)(C)C. The number of ether oxygens (including phenoxy) is 2. The number of phosphoric acid groups is 1. The molecular weight excluding hydrogens is 701 g/mol. The smallest absolute Gasteiger partial charge is 0.306 e. The molecule has 0 bridgehead atoms. The molecule has 0 saturated carbocycles. The van der Waals surface area contributed by atoms with E-state index in [1.54, 1.807) is 0 Å². The minimum Gasteiger partial charge on any atom is -0.756 e. The van der Waals surface area contributed by atoms with E-state index in [0.29, 0.717) is 23.9 Å². The number of carbonyl (C=O) groups is 2. The van der Waals surface area contributed by atoms with Crippen molar-refractivity contribution in [2.24, 2.45) is 0 Å². The normalized spacial score (nSPS) is 14.4. The van der Waals surface area contributed by atoms with Crippen LogP contribution in [0.3, 0.4) is 0 Å². The minimum atomic E-state index is -4.64. The Morgan fingerprint density at radius 1 is 0.574 bits per heavy atom. The highest BCUT2D eigenvalue weighted by Gasteiger charge is 2.21. The minimum absolute atomic E-state index is 0.0468. The van der Waals surface area contributed by atoms with E-state index in [2.05, 4.69) is 74.6 Å². The van der Waals surface area contributed by atoms with Crippen molar-refractivity contribution in [3.8, 4) is 0 Å². The maximum absolute atomic E-state index is 12.6. The third-order valence-electron chi connectivity index (χ3n) is 8.21. The molecule has 0 heterocycles. The number of carbonyl (C=O) groups excluding carboxylic acids is 2. The summed E-state index contributed by atoms with van der Waals surface area (Å²) in [7, 11) is 1.11. The van der Waals surface area contributed by atoms with Gasteiger partial charge in [0, 0.05) is 12.8 Å². The van der Waals surface area contributed by atoms with Crippen LogP contribution < -0.4 is 4.89 Å². The van der Waals surface area contributed by atoms with Crippen LogP contribution >= 0.6 is 7.82 Å². The van der Waals surface area contributed by atoms with Crippen LogP contribution in [0.4, 0.5) is 0 Å². The van der Waals surface area contributed by atoms with Crippen LogP contribution in [0.1, 0.15) is 142 Å². The molecule has 1 unspecified atom stereocenters. The Hall–Kier alpha value is -2.55. The molecule has 0 radical (unpaired) electrons. The van der Waals surface area contributed by atoms with Gasteiger partial charge in [-0.1, -0.05) is 132 Å². The van der Waals surface area contributed by atoms with E-state index < -0.39 is 32.5 Å². The summed E-state index contributed by atoms with van der Waals surface area (Å²) in [5.41, 5.74) is 0. The summed E-state index contributed by atoms with van der Waals surface area (Å²) < 4.78 is 33.7. The molecule has 0 aromatic rings. The van der Waals surface area contributed by atoms with Gasteiger partial charge in [-0.3, -0.25) is 14.2 Å². The summed E-state index contributed by atoms with van der Waals surface area (Å²) in [5.74, 6) is -0.951. The second kappa shape index (κ2) is 36.1. The zero-order valence-corrected chi connectivity index (χ0v) is 35.5. The third-order valence-corrected chi connectivity index (χ3v) is 9.18. The Kier molecular flexibility index (Phi) is 34.4. The molecule has 10 heteroatoms. The van der Waals surface area contributed by atoms with Crippen molar-refractivity contribution in [1.29, 1.82) is 0 Å². The third kappa shape index (κ3) is 39.2. The molecule has 9 nitrogen and oxygen atoms in total. The second-order valence-corrected chi connectivity index (χ2v) is 16.1. The highest BCUT2D eigenvalue weighted by Crippen LogP contribution is 2.38. The van der Waals surface area contributed by atoms with Gasteiger partial charge >= 0.3 is 11.9 Å². The first kappa shape index (κ1) is 51.5. The number of nitrogens with zero attached hydrogens (tertiary/aromatic N) is 1. The Labute approximate surface area is 329 Å². The molecule has 0 fully saturated rings. The van der Waals surface area contributed by atoms with E-state index in [1.165, 1.54) is 38.5 Å². The van der Waals surface area contributed by atoms with E-state index in [0.717, 1.165) is 64.2 Å². The standard InChI is InChI=1S/C44H76NO8P/c1-6-8-10-12-14-16-18-19-20-21-22-23-24-25-27-28-30-32-34-36-43(46)50-40-42(41-52-54(48,49)51-39-38-45(3,4)5)53-44(47)37-35-33-31-29-26-17-15-13-11-9-7-2/h13-16,19-20,22-23,25,27,30,32,42H,6-12,17-18,21,24,26,28-29,31,33-41H2,1-5H3/b15-13-,16-14-,20-19-,23-22-,27-25-,32-30-/t42-/m1/s1. The summed E-state index contributed by atoms with van der Waals surface area (Å²) in [6.45, 7) is 4.03. The van der Waals surface area contributed by atoms with Crippen molar-refractivity contribution < 1.29 is 42.1 Å². The first-order valence-electron chi connectivity index (χ1n) is 20.6. The van der Waals surface area contributed by atoms with Gasteiger partial charge in [-0.15, -0.1) is 0 Å². The first-order chi connectivity index (χ1) is 26.0. The van der Waals surface area contributed by atoms with Gasteiger partial charge in [0.05, 0.1) is 27.7 Å². The average Bonchev–Trinajstić information content (AvgIpc) is 3.12. The lowest BCUT2D eigenvalue weighted by molar-refractivity contribution is -0.870. The highest BCUT2D eigenvalue weighted by atomic mass is 31.2. The molecule has 0 aromatic heterocycles. The zero-order valence-electron chi connectivity index (χ0n) is 34.6. The van der Waals surface area contributed by atoms with Crippen molar-refractivity contribution in [3.63, 3.8) is 0 Å². The van der Waals surface area contributed by atoms with Gasteiger partial charge in [0.1, 0.15) is 19.8 Å². The van der Waals surface area contributed by atoms with Gasteiger partial charge in [-0.25, -0.2) is 0 Å². The maximum atomic E-state index is 12.6. The van der Waals surface area contributed by atoms with Gasteiger partial charge in [0.15, 0.2) is 6.10 Å². The number of unbranched alkanes of at least 4 members (excludes halogenated alkanes) is 10. The highest BCUT2D eigenvalue weighted by molar-refractivity contribution is 7.45. The van der Waals surface area contributed by atoms with Crippen LogP contribution in [0.5, 0.6) is 0 Å². The Balaban J connectivity index is 4.52. The van der Waals surface area contributed by atoms with Crippen LogP contribution in [-0.2, 0) is 32.7 Å². The molecule has 0 aliphatic carbocycles. The van der Waals surface area contributed by atoms with E-state index in [9.17, 15) is 19.0 Å². The summed E-state index contributed by atoms with van der Waals surface area (Å²) in [6.07, 6.45) is 43.8. The number of rotatable bonds is 36. The molecule has 0 rings (SSSR count). The molecule has 0 saturated heterocycles. The quantitative estimate of drug-likeness (QED) is 0.0203.